The lowest BCUT2D eigenvalue weighted by atomic mass is 10.1. The fourth-order valence-corrected chi connectivity index (χ4v) is 2.43. The first-order valence-corrected chi connectivity index (χ1v) is 8.37. The predicted molar refractivity (Wildman–Crippen MR) is 102 cm³/mol. The van der Waals surface area contributed by atoms with Gasteiger partial charge in [-0.25, -0.2) is 0 Å². The second kappa shape index (κ2) is 8.08. The van der Waals surface area contributed by atoms with Gasteiger partial charge in [0.25, 0.3) is 0 Å². The molecule has 6 nitrogen and oxygen atoms in total. The molecule has 0 radical (unpaired) electrons. The Morgan fingerprint density at radius 1 is 0.923 bits per heavy atom. The molecule has 0 atom stereocenters. The van der Waals surface area contributed by atoms with Gasteiger partial charge in [0.2, 0.25) is 11.9 Å². The summed E-state index contributed by atoms with van der Waals surface area (Å²) in [6.07, 6.45) is 1.60. The molecule has 3 rings (SSSR count). The zero-order valence-corrected chi connectivity index (χ0v) is 14.8. The highest BCUT2D eigenvalue weighted by Gasteiger charge is 2.09. The molecule has 0 bridgehead atoms. The van der Waals surface area contributed by atoms with Crippen molar-refractivity contribution in [2.45, 2.75) is 12.8 Å². The minimum atomic E-state index is 0.497. The summed E-state index contributed by atoms with van der Waals surface area (Å²) in [5.41, 5.74) is 2.69. The average Bonchev–Trinajstić information content (AvgIpc) is 2.67. The number of hydrogen-bond acceptors (Lipinski definition) is 6. The van der Waals surface area contributed by atoms with Crippen molar-refractivity contribution in [3.8, 4) is 6.07 Å². The van der Waals surface area contributed by atoms with Crippen LogP contribution in [-0.4, -0.2) is 29.0 Å². The van der Waals surface area contributed by atoms with Crippen LogP contribution < -0.4 is 10.2 Å². The van der Waals surface area contributed by atoms with Gasteiger partial charge in [-0.3, -0.25) is 0 Å². The number of nitrogens with one attached hydrogen (secondary N) is 1. The fourth-order valence-electron chi connectivity index (χ4n) is 2.43. The minimum absolute atomic E-state index is 0.497. The molecule has 0 spiro atoms. The normalized spacial score (nSPS) is 10.2. The molecule has 0 amide bonds. The Kier molecular flexibility index (Phi) is 5.40. The third kappa shape index (κ3) is 4.54. The molecule has 0 saturated heterocycles. The zero-order valence-electron chi connectivity index (χ0n) is 14.8. The lowest BCUT2D eigenvalue weighted by Crippen LogP contribution is -2.16. The third-order valence-electron chi connectivity index (χ3n) is 3.82. The van der Waals surface area contributed by atoms with E-state index < -0.39 is 0 Å². The molecule has 1 N–H and O–H groups in total. The van der Waals surface area contributed by atoms with Crippen LogP contribution in [0.25, 0.3) is 0 Å². The van der Waals surface area contributed by atoms with E-state index in [4.69, 9.17) is 5.26 Å². The summed E-state index contributed by atoms with van der Waals surface area (Å²) in [5, 5.41) is 12.1. The smallest absolute Gasteiger partial charge is 0.232 e. The second-order valence-electron chi connectivity index (χ2n) is 6.07. The molecule has 0 saturated carbocycles. The molecule has 3 aromatic rings. The number of hydrogen-bond donors (Lipinski definition) is 1. The van der Waals surface area contributed by atoms with E-state index in [9.17, 15) is 0 Å². The van der Waals surface area contributed by atoms with Crippen LogP contribution in [0, 0.1) is 11.3 Å². The van der Waals surface area contributed by atoms with Gasteiger partial charge in [-0.15, -0.1) is 0 Å². The lowest BCUT2D eigenvalue weighted by Gasteiger charge is -2.13. The minimum Gasteiger partial charge on any atom is -0.347 e. The van der Waals surface area contributed by atoms with Gasteiger partial charge in [-0.05, 0) is 36.2 Å². The monoisotopic (exact) mass is 344 g/mol. The summed E-state index contributed by atoms with van der Waals surface area (Å²) in [5.74, 6) is 1.85. The maximum absolute atomic E-state index is 8.90. The molecular weight excluding hydrogens is 324 g/mol. The molecule has 0 aliphatic carbocycles. The molecule has 1 aromatic heterocycles. The van der Waals surface area contributed by atoms with Gasteiger partial charge in [-0.1, -0.05) is 30.3 Å². The quantitative estimate of drug-likeness (QED) is 0.739. The van der Waals surface area contributed by atoms with Gasteiger partial charge in [0.15, 0.2) is 0 Å². The number of anilines is 3. The second-order valence-corrected chi connectivity index (χ2v) is 6.07. The van der Waals surface area contributed by atoms with Gasteiger partial charge in [0.05, 0.1) is 11.6 Å². The maximum atomic E-state index is 8.90. The first-order chi connectivity index (χ1) is 12.6. The van der Waals surface area contributed by atoms with E-state index in [1.54, 1.807) is 12.1 Å². The van der Waals surface area contributed by atoms with E-state index >= 15 is 0 Å². The Balaban J connectivity index is 1.80. The molecular formula is C20H20N6. The van der Waals surface area contributed by atoms with E-state index in [2.05, 4.69) is 38.5 Å². The number of aryl methyl sites for hydroxylation is 2. The molecule has 130 valence electrons. The first-order valence-electron chi connectivity index (χ1n) is 8.37. The van der Waals surface area contributed by atoms with Crippen molar-refractivity contribution in [2.75, 3.05) is 24.3 Å². The van der Waals surface area contributed by atoms with Crippen LogP contribution in [0.4, 0.5) is 17.6 Å². The van der Waals surface area contributed by atoms with E-state index in [0.29, 0.717) is 17.5 Å². The van der Waals surface area contributed by atoms with Gasteiger partial charge < -0.3 is 10.2 Å². The van der Waals surface area contributed by atoms with Gasteiger partial charge >= 0.3 is 0 Å². The maximum Gasteiger partial charge on any atom is 0.232 e. The number of nitrogens with zero attached hydrogens (tertiary/aromatic N) is 5. The Morgan fingerprint density at radius 3 is 2.31 bits per heavy atom. The predicted octanol–water partition coefficient (Wildman–Crippen LogP) is 3.34. The average molecular weight is 344 g/mol. The summed E-state index contributed by atoms with van der Waals surface area (Å²) in [6.45, 7) is 0. The van der Waals surface area contributed by atoms with Crippen molar-refractivity contribution < 1.29 is 0 Å². The Labute approximate surface area is 153 Å². The van der Waals surface area contributed by atoms with Crippen LogP contribution >= 0.6 is 0 Å². The van der Waals surface area contributed by atoms with Crippen molar-refractivity contribution in [2.24, 2.45) is 0 Å². The van der Waals surface area contributed by atoms with Gasteiger partial charge in [0.1, 0.15) is 5.82 Å². The summed E-state index contributed by atoms with van der Waals surface area (Å²) in [4.78, 5) is 15.4. The van der Waals surface area contributed by atoms with E-state index in [1.165, 1.54) is 5.56 Å². The Bertz CT molecular complexity index is 898. The molecule has 0 aliphatic rings. The van der Waals surface area contributed by atoms with Crippen molar-refractivity contribution >= 4 is 17.6 Å². The highest BCUT2D eigenvalue weighted by molar-refractivity contribution is 5.55. The van der Waals surface area contributed by atoms with Gasteiger partial charge in [0, 0.05) is 26.2 Å². The van der Waals surface area contributed by atoms with Crippen LogP contribution in [0.15, 0.2) is 54.6 Å². The molecule has 0 aliphatic heterocycles. The summed E-state index contributed by atoms with van der Waals surface area (Å²) in [7, 11) is 3.81. The van der Waals surface area contributed by atoms with E-state index in [-0.39, 0.29) is 0 Å². The highest BCUT2D eigenvalue weighted by atomic mass is 15.3. The number of aromatic nitrogens is 3. The van der Waals surface area contributed by atoms with Crippen molar-refractivity contribution in [3.05, 3.63) is 71.5 Å². The van der Waals surface area contributed by atoms with Crippen LogP contribution in [0.3, 0.4) is 0 Å². The Hall–Kier alpha value is -3.46. The lowest BCUT2D eigenvalue weighted by molar-refractivity contribution is 0.826. The first kappa shape index (κ1) is 17.4. The molecule has 26 heavy (non-hydrogen) atoms. The number of nitriles is 1. The molecule has 2 aromatic carbocycles. The fraction of sp³-hybridized carbons (Fsp3) is 0.200. The van der Waals surface area contributed by atoms with Crippen LogP contribution in [-0.2, 0) is 12.8 Å². The SMILES string of the molecule is CN(C)c1nc(CCc2ccccc2)nc(Nc2ccc(C#N)cc2)n1. The topological polar surface area (TPSA) is 77.7 Å². The highest BCUT2D eigenvalue weighted by Crippen LogP contribution is 2.16. The van der Waals surface area contributed by atoms with Crippen molar-refractivity contribution in [3.63, 3.8) is 0 Å². The zero-order chi connectivity index (χ0) is 18.4. The summed E-state index contributed by atoms with van der Waals surface area (Å²) >= 11 is 0. The van der Waals surface area contributed by atoms with Crippen molar-refractivity contribution in [1.29, 1.82) is 5.26 Å². The van der Waals surface area contributed by atoms with Crippen LogP contribution in [0.5, 0.6) is 0 Å². The van der Waals surface area contributed by atoms with Crippen LogP contribution in [0.1, 0.15) is 17.0 Å². The molecule has 6 heteroatoms. The Morgan fingerprint density at radius 2 is 1.65 bits per heavy atom. The number of rotatable bonds is 6. The largest absolute Gasteiger partial charge is 0.347 e. The molecule has 0 unspecified atom stereocenters. The summed E-state index contributed by atoms with van der Waals surface area (Å²) < 4.78 is 0. The molecule has 0 fully saturated rings. The van der Waals surface area contributed by atoms with E-state index in [1.807, 2.05) is 49.3 Å². The van der Waals surface area contributed by atoms with Gasteiger partial charge in [-0.2, -0.15) is 20.2 Å². The number of benzene rings is 2. The third-order valence-corrected chi connectivity index (χ3v) is 3.82. The van der Waals surface area contributed by atoms with E-state index in [0.717, 1.165) is 24.4 Å². The van der Waals surface area contributed by atoms with Crippen LogP contribution in [0.2, 0.25) is 0 Å². The van der Waals surface area contributed by atoms with Crippen molar-refractivity contribution in [1.82, 2.24) is 15.0 Å². The molecule has 1 heterocycles. The summed E-state index contributed by atoms with van der Waals surface area (Å²) in [6, 6.07) is 19.6. The standard InChI is InChI=1S/C20H20N6/c1-26(2)20-24-18(13-10-15-6-4-3-5-7-15)23-19(25-20)22-17-11-8-16(14-21)9-12-17/h3-9,11-12H,10,13H2,1-2H3,(H,22,23,24,25).